The van der Waals surface area contributed by atoms with Gasteiger partial charge in [0.1, 0.15) is 11.8 Å². The molecule has 0 radical (unpaired) electrons. The number of phenols is 1. The average Bonchev–Trinajstić information content (AvgIpc) is 2.34. The number of benzene rings is 2. The van der Waals surface area contributed by atoms with Crippen LogP contribution in [0.15, 0.2) is 30.3 Å². The molecule has 0 aliphatic rings. The van der Waals surface area contributed by atoms with E-state index in [4.69, 9.17) is 22.4 Å². The van der Waals surface area contributed by atoms with Crippen molar-refractivity contribution < 1.29 is 15.0 Å². The van der Waals surface area contributed by atoms with Crippen LogP contribution in [0.4, 0.5) is 0 Å². The van der Waals surface area contributed by atoms with Crippen molar-refractivity contribution in [3.05, 3.63) is 40.9 Å². The Bertz CT molecular complexity index is 612. The van der Waals surface area contributed by atoms with Crippen molar-refractivity contribution in [2.24, 2.45) is 5.73 Å². The summed E-state index contributed by atoms with van der Waals surface area (Å²) < 4.78 is 0. The highest BCUT2D eigenvalue weighted by Crippen LogP contribution is 2.33. The number of carboxylic acid groups (broad SMARTS) is 1. The molecular formula is C13H12ClNO3. The molecule has 0 bridgehead atoms. The van der Waals surface area contributed by atoms with Gasteiger partial charge in [-0.15, -0.1) is 0 Å². The van der Waals surface area contributed by atoms with Crippen molar-refractivity contribution in [3.8, 4) is 5.75 Å². The second-order valence-electron chi connectivity index (χ2n) is 4.05. The molecule has 0 saturated heterocycles. The summed E-state index contributed by atoms with van der Waals surface area (Å²) in [7, 11) is 0. The highest BCUT2D eigenvalue weighted by atomic mass is 35.5. The number of halogens is 1. The molecule has 0 aliphatic carbocycles. The lowest BCUT2D eigenvalue weighted by Gasteiger charge is -2.12. The second kappa shape index (κ2) is 4.84. The number of phenolic OH excluding ortho intramolecular Hbond substituents is 1. The average molecular weight is 266 g/mol. The maximum absolute atomic E-state index is 10.8. The zero-order valence-corrected chi connectivity index (χ0v) is 10.2. The number of aliphatic carboxylic acids is 1. The summed E-state index contributed by atoms with van der Waals surface area (Å²) in [4.78, 5) is 10.8. The van der Waals surface area contributed by atoms with Gasteiger partial charge in [-0.25, -0.2) is 0 Å². The van der Waals surface area contributed by atoms with Crippen molar-refractivity contribution in [1.82, 2.24) is 0 Å². The third-order valence-electron chi connectivity index (χ3n) is 2.82. The van der Waals surface area contributed by atoms with Gasteiger partial charge >= 0.3 is 5.97 Å². The van der Waals surface area contributed by atoms with Gasteiger partial charge in [0.25, 0.3) is 0 Å². The zero-order valence-electron chi connectivity index (χ0n) is 9.43. The molecule has 0 heterocycles. The molecule has 0 spiro atoms. The minimum atomic E-state index is -1.08. The molecule has 2 aromatic carbocycles. The van der Waals surface area contributed by atoms with Crippen molar-refractivity contribution in [2.45, 2.75) is 12.5 Å². The predicted molar refractivity (Wildman–Crippen MR) is 69.9 cm³/mol. The first kappa shape index (κ1) is 12.7. The Morgan fingerprint density at radius 3 is 2.56 bits per heavy atom. The van der Waals surface area contributed by atoms with Gasteiger partial charge in [0.15, 0.2) is 0 Å². The van der Waals surface area contributed by atoms with Crippen LogP contribution in [0.2, 0.25) is 5.02 Å². The van der Waals surface area contributed by atoms with Crippen LogP contribution in [0, 0.1) is 0 Å². The molecule has 94 valence electrons. The largest absolute Gasteiger partial charge is 0.507 e. The van der Waals surface area contributed by atoms with Crippen LogP contribution < -0.4 is 5.73 Å². The Balaban J connectivity index is 2.59. The Kier molecular flexibility index (Phi) is 3.41. The van der Waals surface area contributed by atoms with Crippen LogP contribution >= 0.6 is 11.6 Å². The molecule has 0 saturated carbocycles. The van der Waals surface area contributed by atoms with Crippen LogP contribution in [-0.4, -0.2) is 22.2 Å². The van der Waals surface area contributed by atoms with Crippen molar-refractivity contribution in [3.63, 3.8) is 0 Å². The molecule has 0 aliphatic heterocycles. The van der Waals surface area contributed by atoms with E-state index in [0.29, 0.717) is 16.0 Å². The van der Waals surface area contributed by atoms with Crippen LogP contribution in [0.25, 0.3) is 10.8 Å². The van der Waals surface area contributed by atoms with Gasteiger partial charge in [-0.2, -0.15) is 0 Å². The topological polar surface area (TPSA) is 83.5 Å². The summed E-state index contributed by atoms with van der Waals surface area (Å²) in [6.45, 7) is 0. The molecule has 0 amide bonds. The first-order valence-electron chi connectivity index (χ1n) is 5.38. The van der Waals surface area contributed by atoms with Gasteiger partial charge in [-0.3, -0.25) is 4.79 Å². The first-order chi connectivity index (χ1) is 8.50. The number of hydrogen-bond donors (Lipinski definition) is 3. The van der Waals surface area contributed by atoms with Gasteiger partial charge in [0.05, 0.1) is 0 Å². The van der Waals surface area contributed by atoms with Gasteiger partial charge in [0.2, 0.25) is 0 Å². The van der Waals surface area contributed by atoms with Crippen molar-refractivity contribution in [1.29, 1.82) is 0 Å². The number of hydrogen-bond acceptors (Lipinski definition) is 3. The second-order valence-corrected chi connectivity index (χ2v) is 4.46. The maximum Gasteiger partial charge on any atom is 0.320 e. The van der Waals surface area contributed by atoms with E-state index >= 15 is 0 Å². The number of carboxylic acids is 1. The SMILES string of the molecule is NC(Cc1c(Cl)cc(O)c2ccccc12)C(=O)O. The molecule has 1 unspecified atom stereocenters. The third-order valence-corrected chi connectivity index (χ3v) is 3.16. The van der Waals surface area contributed by atoms with E-state index in [9.17, 15) is 9.90 Å². The number of fused-ring (bicyclic) bond motifs is 1. The van der Waals surface area contributed by atoms with E-state index in [1.165, 1.54) is 6.07 Å². The predicted octanol–water partition coefficient (Wildman–Crippen LogP) is 2.15. The monoisotopic (exact) mass is 265 g/mol. The Morgan fingerprint density at radius 1 is 1.33 bits per heavy atom. The number of rotatable bonds is 3. The van der Waals surface area contributed by atoms with E-state index < -0.39 is 12.0 Å². The highest BCUT2D eigenvalue weighted by molar-refractivity contribution is 6.32. The lowest BCUT2D eigenvalue weighted by atomic mass is 9.98. The number of carbonyl (C=O) groups is 1. The Hall–Kier alpha value is -1.78. The van der Waals surface area contributed by atoms with E-state index in [0.717, 1.165) is 5.39 Å². The standard InChI is InChI=1S/C13H12ClNO3/c14-10-6-12(16)8-4-2-1-3-7(8)9(10)5-11(15)13(17)18/h1-4,6,11,16H,5,15H2,(H,17,18). The summed E-state index contributed by atoms with van der Waals surface area (Å²) in [5, 5.41) is 20.3. The summed E-state index contributed by atoms with van der Waals surface area (Å²) >= 11 is 6.05. The molecular weight excluding hydrogens is 254 g/mol. The molecule has 4 nitrogen and oxygen atoms in total. The van der Waals surface area contributed by atoms with Crippen LogP contribution in [0.5, 0.6) is 5.75 Å². The summed E-state index contributed by atoms with van der Waals surface area (Å²) in [6, 6.07) is 7.51. The fraction of sp³-hybridized carbons (Fsp3) is 0.154. The van der Waals surface area contributed by atoms with Crippen molar-refractivity contribution in [2.75, 3.05) is 0 Å². The molecule has 4 N–H and O–H groups in total. The first-order valence-corrected chi connectivity index (χ1v) is 5.76. The van der Waals surface area contributed by atoms with Crippen LogP contribution in [-0.2, 0) is 11.2 Å². The van der Waals surface area contributed by atoms with Crippen LogP contribution in [0.3, 0.4) is 0 Å². The Labute approximate surface area is 109 Å². The van der Waals surface area contributed by atoms with E-state index in [1.807, 2.05) is 0 Å². The zero-order chi connectivity index (χ0) is 13.3. The molecule has 0 aromatic heterocycles. The van der Waals surface area contributed by atoms with Crippen LogP contribution in [0.1, 0.15) is 5.56 Å². The molecule has 2 aromatic rings. The fourth-order valence-electron chi connectivity index (χ4n) is 1.90. The molecule has 18 heavy (non-hydrogen) atoms. The number of nitrogens with two attached hydrogens (primary N) is 1. The van der Waals surface area contributed by atoms with Crippen molar-refractivity contribution >= 4 is 28.3 Å². The van der Waals surface area contributed by atoms with E-state index in [2.05, 4.69) is 0 Å². The lowest BCUT2D eigenvalue weighted by Crippen LogP contribution is -2.32. The smallest absolute Gasteiger partial charge is 0.320 e. The Morgan fingerprint density at radius 2 is 1.94 bits per heavy atom. The van der Waals surface area contributed by atoms with E-state index in [1.54, 1.807) is 24.3 Å². The van der Waals surface area contributed by atoms with E-state index in [-0.39, 0.29) is 12.2 Å². The minimum Gasteiger partial charge on any atom is -0.507 e. The normalized spacial score (nSPS) is 12.6. The summed E-state index contributed by atoms with van der Waals surface area (Å²) in [5.74, 6) is -1.01. The summed E-state index contributed by atoms with van der Waals surface area (Å²) in [6.07, 6.45) is 0.120. The van der Waals surface area contributed by atoms with Gasteiger partial charge in [0, 0.05) is 16.8 Å². The lowest BCUT2D eigenvalue weighted by molar-refractivity contribution is -0.138. The third kappa shape index (κ3) is 2.25. The highest BCUT2D eigenvalue weighted by Gasteiger charge is 2.17. The van der Waals surface area contributed by atoms with Gasteiger partial charge in [-0.1, -0.05) is 35.9 Å². The fourth-order valence-corrected chi connectivity index (χ4v) is 2.18. The molecule has 1 atom stereocenters. The molecule has 0 fully saturated rings. The van der Waals surface area contributed by atoms with Gasteiger partial charge in [-0.05, 0) is 17.0 Å². The maximum atomic E-state index is 10.8. The van der Waals surface area contributed by atoms with Gasteiger partial charge < -0.3 is 15.9 Å². The minimum absolute atomic E-state index is 0.0725. The summed E-state index contributed by atoms with van der Waals surface area (Å²) in [5.41, 5.74) is 6.16. The molecule has 2 rings (SSSR count). The molecule has 5 heteroatoms. The number of aromatic hydroxyl groups is 1. The quantitative estimate of drug-likeness (QED) is 0.794.